The Morgan fingerprint density at radius 3 is 2.57 bits per heavy atom. The second-order valence-electron chi connectivity index (χ2n) is 5.69. The number of likely N-dealkylation sites (N-methyl/N-ethyl adjacent to an activating group) is 1. The largest absolute Gasteiger partial charge is 0.478 e. The number of rotatable bonds is 4. The highest BCUT2D eigenvalue weighted by Crippen LogP contribution is 2.34. The van der Waals surface area contributed by atoms with Crippen LogP contribution in [-0.2, 0) is 4.79 Å². The highest BCUT2D eigenvalue weighted by molar-refractivity contribution is 9.10. The van der Waals surface area contributed by atoms with Gasteiger partial charge in [0.25, 0.3) is 11.6 Å². The van der Waals surface area contributed by atoms with E-state index in [-0.39, 0.29) is 17.2 Å². The van der Waals surface area contributed by atoms with Crippen LogP contribution in [-0.4, -0.2) is 39.0 Å². The number of nitrogens with zero attached hydrogens (tertiary/aromatic N) is 3. The van der Waals surface area contributed by atoms with Crippen molar-refractivity contribution < 1.29 is 19.6 Å². The van der Waals surface area contributed by atoms with Crippen LogP contribution in [0.15, 0.2) is 56.8 Å². The van der Waals surface area contributed by atoms with Gasteiger partial charge in [-0.15, -0.1) is 0 Å². The van der Waals surface area contributed by atoms with Crippen LogP contribution in [0.2, 0.25) is 0 Å². The van der Waals surface area contributed by atoms with E-state index in [0.29, 0.717) is 25.8 Å². The van der Waals surface area contributed by atoms with E-state index in [1.54, 1.807) is 37.4 Å². The first-order valence-electron chi connectivity index (χ1n) is 7.80. The lowest BCUT2D eigenvalue weighted by atomic mass is 10.2. The van der Waals surface area contributed by atoms with Crippen molar-refractivity contribution >= 4 is 62.2 Å². The van der Waals surface area contributed by atoms with E-state index in [2.05, 4.69) is 20.9 Å². The number of aromatic carboxylic acids is 1. The van der Waals surface area contributed by atoms with Gasteiger partial charge in [-0.05, 0) is 69.7 Å². The Balaban J connectivity index is 1.89. The molecule has 1 aliphatic heterocycles. The van der Waals surface area contributed by atoms with Gasteiger partial charge in [0.15, 0.2) is 5.17 Å². The molecule has 0 atom stereocenters. The predicted octanol–water partition coefficient (Wildman–Crippen LogP) is 4.29. The van der Waals surface area contributed by atoms with E-state index in [9.17, 15) is 19.7 Å². The average molecular weight is 462 g/mol. The Morgan fingerprint density at radius 1 is 1.29 bits per heavy atom. The van der Waals surface area contributed by atoms with Crippen molar-refractivity contribution in [3.8, 4) is 0 Å². The number of nitro benzene ring substituents is 1. The highest BCUT2D eigenvalue weighted by Gasteiger charge is 2.30. The molecule has 2 aromatic rings. The van der Waals surface area contributed by atoms with Gasteiger partial charge in [0, 0.05) is 13.1 Å². The minimum atomic E-state index is -1.03. The maximum Gasteiger partial charge on any atom is 0.335 e. The second-order valence-corrected chi connectivity index (χ2v) is 7.55. The summed E-state index contributed by atoms with van der Waals surface area (Å²) in [5.41, 5.74) is 1.08. The van der Waals surface area contributed by atoms with Gasteiger partial charge in [0.1, 0.15) is 0 Å². The third-order valence-corrected chi connectivity index (χ3v) is 5.54. The fourth-order valence-corrected chi connectivity index (χ4v) is 3.73. The summed E-state index contributed by atoms with van der Waals surface area (Å²) >= 11 is 4.26. The summed E-state index contributed by atoms with van der Waals surface area (Å²) in [5.74, 6) is -1.31. The zero-order valence-electron chi connectivity index (χ0n) is 14.3. The number of nitro groups is 1. The molecular weight excluding hydrogens is 450 g/mol. The Hall–Kier alpha value is -2.98. The number of amides is 1. The number of carbonyl (C=O) groups is 2. The Bertz CT molecular complexity index is 1050. The van der Waals surface area contributed by atoms with Crippen LogP contribution >= 0.6 is 27.7 Å². The molecule has 0 unspecified atom stereocenters. The predicted molar refractivity (Wildman–Crippen MR) is 110 cm³/mol. The number of amidine groups is 1. The second kappa shape index (κ2) is 7.95. The molecule has 0 aliphatic carbocycles. The number of aliphatic imine (C=N–C) groups is 1. The molecule has 142 valence electrons. The van der Waals surface area contributed by atoms with Crippen LogP contribution in [0.3, 0.4) is 0 Å². The number of halogens is 1. The number of hydrogen-bond acceptors (Lipinski definition) is 6. The fraction of sp³-hybridized carbons (Fsp3) is 0.0556. The van der Waals surface area contributed by atoms with Crippen LogP contribution in [0, 0.1) is 10.1 Å². The molecule has 10 heteroatoms. The summed E-state index contributed by atoms with van der Waals surface area (Å²) in [6.07, 6.45) is 1.57. The number of benzene rings is 2. The first-order chi connectivity index (χ1) is 13.3. The lowest BCUT2D eigenvalue weighted by molar-refractivity contribution is -0.385. The summed E-state index contributed by atoms with van der Waals surface area (Å²) < 4.78 is 0.356. The molecule has 2 aromatic carbocycles. The molecule has 0 aromatic heterocycles. The fourth-order valence-electron chi connectivity index (χ4n) is 2.35. The third-order valence-electron chi connectivity index (χ3n) is 3.81. The Kier molecular flexibility index (Phi) is 5.61. The van der Waals surface area contributed by atoms with Crippen LogP contribution in [0.25, 0.3) is 6.08 Å². The molecule has 1 heterocycles. The first kappa shape index (κ1) is 19.8. The number of hydrogen-bond donors (Lipinski definition) is 1. The zero-order chi connectivity index (χ0) is 20.4. The van der Waals surface area contributed by atoms with Crippen molar-refractivity contribution in [3.63, 3.8) is 0 Å². The summed E-state index contributed by atoms with van der Waals surface area (Å²) in [6.45, 7) is 0. The maximum atomic E-state index is 12.5. The SMILES string of the molecule is CN1C(=O)/C(=C\c2ccc(Br)c([N+](=O)[O-])c2)SC1=Nc1ccc(C(=O)O)cc1. The first-order valence-corrected chi connectivity index (χ1v) is 9.41. The molecule has 0 spiro atoms. The maximum absolute atomic E-state index is 12.5. The molecule has 1 fully saturated rings. The Morgan fingerprint density at radius 2 is 1.96 bits per heavy atom. The smallest absolute Gasteiger partial charge is 0.335 e. The number of thioether (sulfide) groups is 1. The monoisotopic (exact) mass is 461 g/mol. The van der Waals surface area contributed by atoms with E-state index in [1.165, 1.54) is 23.1 Å². The van der Waals surface area contributed by atoms with E-state index >= 15 is 0 Å². The van der Waals surface area contributed by atoms with Crippen LogP contribution < -0.4 is 0 Å². The van der Waals surface area contributed by atoms with Gasteiger partial charge in [-0.25, -0.2) is 9.79 Å². The summed E-state index contributed by atoms with van der Waals surface area (Å²) in [7, 11) is 1.57. The van der Waals surface area contributed by atoms with Gasteiger partial charge in [-0.2, -0.15) is 0 Å². The van der Waals surface area contributed by atoms with E-state index in [1.807, 2.05) is 0 Å². The molecular formula is C18H12BrN3O5S. The van der Waals surface area contributed by atoms with Crippen molar-refractivity contribution in [2.45, 2.75) is 0 Å². The van der Waals surface area contributed by atoms with Crippen LogP contribution in [0.4, 0.5) is 11.4 Å². The number of carbonyl (C=O) groups excluding carboxylic acids is 1. The molecule has 0 saturated carbocycles. The average Bonchev–Trinajstić information content (AvgIpc) is 2.91. The number of carboxylic acid groups (broad SMARTS) is 1. The molecule has 0 bridgehead atoms. The molecule has 1 saturated heterocycles. The van der Waals surface area contributed by atoms with Gasteiger partial charge in [-0.3, -0.25) is 19.8 Å². The van der Waals surface area contributed by atoms with E-state index in [0.717, 1.165) is 11.8 Å². The van der Waals surface area contributed by atoms with Gasteiger partial charge in [0.2, 0.25) is 0 Å². The minimum Gasteiger partial charge on any atom is -0.478 e. The summed E-state index contributed by atoms with van der Waals surface area (Å²) in [5, 5.41) is 20.4. The van der Waals surface area contributed by atoms with Crippen molar-refractivity contribution in [3.05, 3.63) is 73.1 Å². The van der Waals surface area contributed by atoms with Gasteiger partial charge in [-0.1, -0.05) is 6.07 Å². The summed E-state index contributed by atoms with van der Waals surface area (Å²) in [6, 6.07) is 10.6. The summed E-state index contributed by atoms with van der Waals surface area (Å²) in [4.78, 5) is 40.1. The van der Waals surface area contributed by atoms with Crippen LogP contribution in [0.5, 0.6) is 0 Å². The van der Waals surface area contributed by atoms with Crippen LogP contribution in [0.1, 0.15) is 15.9 Å². The third kappa shape index (κ3) is 4.12. The molecule has 1 N–H and O–H groups in total. The molecule has 1 amide bonds. The molecule has 3 rings (SSSR count). The van der Waals surface area contributed by atoms with Gasteiger partial charge >= 0.3 is 5.97 Å². The normalized spacial score (nSPS) is 16.8. The van der Waals surface area contributed by atoms with E-state index < -0.39 is 10.9 Å². The standard InChI is InChI=1S/C18H12BrN3O5S/c1-21-16(23)15(9-10-2-7-13(19)14(8-10)22(26)27)28-18(21)20-12-5-3-11(4-6-12)17(24)25/h2-9H,1H3,(H,24,25)/b15-9+,20-18?. The molecule has 28 heavy (non-hydrogen) atoms. The zero-order valence-corrected chi connectivity index (χ0v) is 16.7. The van der Waals surface area contributed by atoms with Crippen molar-refractivity contribution in [2.24, 2.45) is 4.99 Å². The molecule has 1 aliphatic rings. The quantitative estimate of drug-likeness (QED) is 0.412. The van der Waals surface area contributed by atoms with Crippen molar-refractivity contribution in [2.75, 3.05) is 7.05 Å². The topological polar surface area (TPSA) is 113 Å². The van der Waals surface area contributed by atoms with Gasteiger partial charge in [0.05, 0.1) is 25.6 Å². The Labute approximate surface area is 171 Å². The number of carboxylic acids is 1. The van der Waals surface area contributed by atoms with Crippen molar-refractivity contribution in [1.82, 2.24) is 4.90 Å². The van der Waals surface area contributed by atoms with Crippen molar-refractivity contribution in [1.29, 1.82) is 0 Å². The highest BCUT2D eigenvalue weighted by atomic mass is 79.9. The lowest BCUT2D eigenvalue weighted by Crippen LogP contribution is -2.23. The van der Waals surface area contributed by atoms with E-state index in [4.69, 9.17) is 5.11 Å². The lowest BCUT2D eigenvalue weighted by Gasteiger charge is -2.07. The molecule has 0 radical (unpaired) electrons. The molecule has 8 nitrogen and oxygen atoms in total. The van der Waals surface area contributed by atoms with Gasteiger partial charge < -0.3 is 5.11 Å². The minimum absolute atomic E-state index is 0.0921.